The van der Waals surface area contributed by atoms with Gasteiger partial charge in [0.2, 0.25) is 0 Å². The molecule has 0 amide bonds. The molecule has 1 saturated heterocycles. The first-order valence-electron chi connectivity index (χ1n) is 7.99. The van der Waals surface area contributed by atoms with Gasteiger partial charge in [0.25, 0.3) is 0 Å². The minimum atomic E-state index is 0.352. The monoisotopic (exact) mass is 274 g/mol. The Kier molecular flexibility index (Phi) is 5.22. The van der Waals surface area contributed by atoms with Gasteiger partial charge in [-0.3, -0.25) is 0 Å². The lowest BCUT2D eigenvalue weighted by molar-refractivity contribution is 0.120. The van der Waals surface area contributed by atoms with Crippen LogP contribution >= 0.6 is 0 Å². The highest BCUT2D eigenvalue weighted by Gasteiger charge is 2.31. The molecule has 0 bridgehead atoms. The van der Waals surface area contributed by atoms with Crippen molar-refractivity contribution in [3.8, 4) is 0 Å². The highest BCUT2D eigenvalue weighted by molar-refractivity contribution is 5.22. The molecule has 0 unspecified atom stereocenters. The zero-order valence-electron chi connectivity index (χ0n) is 13.6. The molecular formula is C18H30N2. The molecule has 0 saturated carbocycles. The molecule has 2 rings (SSSR count). The Morgan fingerprint density at radius 1 is 1.05 bits per heavy atom. The lowest BCUT2D eigenvalue weighted by Gasteiger charge is -2.40. The van der Waals surface area contributed by atoms with E-state index < -0.39 is 0 Å². The van der Waals surface area contributed by atoms with Gasteiger partial charge in [-0.1, -0.05) is 57.5 Å². The molecule has 2 heteroatoms. The van der Waals surface area contributed by atoms with E-state index in [2.05, 4.69) is 68.0 Å². The van der Waals surface area contributed by atoms with Gasteiger partial charge in [-0.25, -0.2) is 0 Å². The lowest BCUT2D eigenvalue weighted by Crippen LogP contribution is -2.47. The summed E-state index contributed by atoms with van der Waals surface area (Å²) < 4.78 is 0. The molecule has 20 heavy (non-hydrogen) atoms. The van der Waals surface area contributed by atoms with Crippen LogP contribution in [0.25, 0.3) is 0 Å². The Balaban J connectivity index is 2.11. The van der Waals surface area contributed by atoms with E-state index in [-0.39, 0.29) is 0 Å². The maximum Gasteiger partial charge on any atom is 0.0110 e. The molecule has 112 valence electrons. The molecule has 0 aromatic heterocycles. The van der Waals surface area contributed by atoms with Crippen LogP contribution in [0.5, 0.6) is 0 Å². The summed E-state index contributed by atoms with van der Waals surface area (Å²) in [7, 11) is 2.22. The van der Waals surface area contributed by atoms with E-state index in [9.17, 15) is 0 Å². The van der Waals surface area contributed by atoms with Crippen LogP contribution in [0.3, 0.4) is 0 Å². The quantitative estimate of drug-likeness (QED) is 0.811. The number of likely N-dealkylation sites (N-methyl/N-ethyl adjacent to an activating group) is 1. The van der Waals surface area contributed by atoms with E-state index in [4.69, 9.17) is 0 Å². The molecule has 1 aliphatic rings. The summed E-state index contributed by atoms with van der Waals surface area (Å²) in [5.74, 6) is 0.622. The summed E-state index contributed by atoms with van der Waals surface area (Å²) in [6.45, 7) is 13.2. The predicted octanol–water partition coefficient (Wildman–Crippen LogP) is 3.45. The van der Waals surface area contributed by atoms with Crippen LogP contribution in [0, 0.1) is 5.41 Å². The van der Waals surface area contributed by atoms with Crippen LogP contribution in [0.15, 0.2) is 30.3 Å². The van der Waals surface area contributed by atoms with Gasteiger partial charge in [0, 0.05) is 38.6 Å². The fourth-order valence-electron chi connectivity index (χ4n) is 3.02. The van der Waals surface area contributed by atoms with Crippen LogP contribution < -0.4 is 0 Å². The van der Waals surface area contributed by atoms with E-state index in [0.717, 1.165) is 0 Å². The average molecular weight is 274 g/mol. The maximum atomic E-state index is 2.65. The molecule has 1 aromatic carbocycles. The van der Waals surface area contributed by atoms with Gasteiger partial charge in [-0.2, -0.15) is 0 Å². The minimum Gasteiger partial charge on any atom is -0.304 e. The molecule has 0 N–H and O–H groups in total. The number of rotatable bonds is 5. The SMILES string of the molecule is CCC(C)(C)[C@H](CN1CCN(C)CC1)c1ccccc1. The van der Waals surface area contributed by atoms with Gasteiger partial charge in [-0.15, -0.1) is 0 Å². The van der Waals surface area contributed by atoms with Crippen molar-refractivity contribution in [2.24, 2.45) is 5.41 Å². The minimum absolute atomic E-state index is 0.352. The van der Waals surface area contributed by atoms with Crippen LogP contribution in [0.4, 0.5) is 0 Å². The summed E-state index contributed by atoms with van der Waals surface area (Å²) in [6, 6.07) is 11.1. The van der Waals surface area contributed by atoms with Crippen LogP contribution in [0.2, 0.25) is 0 Å². The Bertz CT molecular complexity index is 391. The second kappa shape index (κ2) is 6.73. The molecular weight excluding hydrogens is 244 g/mol. The van der Waals surface area contributed by atoms with Crippen molar-refractivity contribution in [3.05, 3.63) is 35.9 Å². The fraction of sp³-hybridized carbons (Fsp3) is 0.667. The van der Waals surface area contributed by atoms with Gasteiger partial charge < -0.3 is 9.80 Å². The Morgan fingerprint density at radius 3 is 2.20 bits per heavy atom. The molecule has 2 nitrogen and oxygen atoms in total. The van der Waals surface area contributed by atoms with E-state index >= 15 is 0 Å². The van der Waals surface area contributed by atoms with Crippen LogP contribution in [0.1, 0.15) is 38.7 Å². The maximum absolute atomic E-state index is 2.65. The van der Waals surface area contributed by atoms with Gasteiger partial charge >= 0.3 is 0 Å². The predicted molar refractivity (Wildman–Crippen MR) is 87.2 cm³/mol. The van der Waals surface area contributed by atoms with Crippen LogP contribution in [-0.2, 0) is 0 Å². The standard InChI is InChI=1S/C18H30N2/c1-5-18(2,3)17(16-9-7-6-8-10-16)15-20-13-11-19(4)12-14-20/h6-10,17H,5,11-15H2,1-4H3/t17-/m1/s1. The summed E-state index contributed by atoms with van der Waals surface area (Å²) in [4.78, 5) is 5.08. The van der Waals surface area contributed by atoms with Crippen molar-refractivity contribution < 1.29 is 0 Å². The first-order chi connectivity index (χ1) is 9.53. The van der Waals surface area contributed by atoms with Gasteiger partial charge in [0.15, 0.2) is 0 Å². The Labute approximate surface area is 124 Å². The third kappa shape index (κ3) is 3.83. The highest BCUT2D eigenvalue weighted by atomic mass is 15.2. The average Bonchev–Trinajstić information content (AvgIpc) is 2.47. The summed E-state index contributed by atoms with van der Waals surface area (Å²) in [5.41, 5.74) is 1.85. The third-order valence-corrected chi connectivity index (χ3v) is 5.09. The highest BCUT2D eigenvalue weighted by Crippen LogP contribution is 2.38. The number of hydrogen-bond donors (Lipinski definition) is 0. The normalized spacial score (nSPS) is 20.0. The zero-order chi connectivity index (χ0) is 14.6. The molecule has 0 radical (unpaired) electrons. The molecule has 0 aliphatic carbocycles. The molecule has 1 fully saturated rings. The molecule has 1 heterocycles. The summed E-state index contributed by atoms with van der Waals surface area (Å²) in [6.07, 6.45) is 1.22. The third-order valence-electron chi connectivity index (χ3n) is 5.09. The number of benzene rings is 1. The van der Waals surface area contributed by atoms with Crippen molar-refractivity contribution >= 4 is 0 Å². The van der Waals surface area contributed by atoms with Crippen LogP contribution in [-0.4, -0.2) is 49.6 Å². The fourth-order valence-corrected chi connectivity index (χ4v) is 3.02. The Hall–Kier alpha value is -0.860. The molecule has 0 spiro atoms. The van der Waals surface area contributed by atoms with Gasteiger partial charge in [-0.05, 0) is 18.0 Å². The van der Waals surface area contributed by atoms with Gasteiger partial charge in [0.05, 0.1) is 0 Å². The second-order valence-electron chi connectivity index (χ2n) is 6.91. The van der Waals surface area contributed by atoms with Crippen molar-refractivity contribution in [3.63, 3.8) is 0 Å². The topological polar surface area (TPSA) is 6.48 Å². The van der Waals surface area contributed by atoms with Crippen molar-refractivity contribution in [2.75, 3.05) is 39.8 Å². The largest absolute Gasteiger partial charge is 0.304 e. The van der Waals surface area contributed by atoms with Crippen molar-refractivity contribution in [1.82, 2.24) is 9.80 Å². The second-order valence-corrected chi connectivity index (χ2v) is 6.91. The van der Waals surface area contributed by atoms with E-state index in [1.54, 1.807) is 0 Å². The Morgan fingerprint density at radius 2 is 1.65 bits per heavy atom. The summed E-state index contributed by atoms with van der Waals surface area (Å²) in [5, 5.41) is 0. The first kappa shape index (κ1) is 15.5. The molecule has 1 aromatic rings. The van der Waals surface area contributed by atoms with Gasteiger partial charge in [0.1, 0.15) is 0 Å². The number of nitrogens with zero attached hydrogens (tertiary/aromatic N) is 2. The van der Waals surface area contributed by atoms with E-state index in [0.29, 0.717) is 11.3 Å². The van der Waals surface area contributed by atoms with Crippen molar-refractivity contribution in [2.45, 2.75) is 33.1 Å². The lowest BCUT2D eigenvalue weighted by atomic mass is 9.73. The van der Waals surface area contributed by atoms with E-state index in [1.807, 2.05) is 0 Å². The zero-order valence-corrected chi connectivity index (χ0v) is 13.6. The van der Waals surface area contributed by atoms with E-state index in [1.165, 1.54) is 44.7 Å². The number of hydrogen-bond acceptors (Lipinski definition) is 2. The summed E-state index contributed by atoms with van der Waals surface area (Å²) >= 11 is 0. The first-order valence-corrected chi connectivity index (χ1v) is 7.99. The molecule has 1 aliphatic heterocycles. The molecule has 1 atom stereocenters. The van der Waals surface area contributed by atoms with Crippen molar-refractivity contribution in [1.29, 1.82) is 0 Å². The number of piperazine rings is 1. The smallest absolute Gasteiger partial charge is 0.0110 e.